The van der Waals surface area contributed by atoms with Crippen molar-refractivity contribution in [1.29, 1.82) is 0 Å². The maximum Gasteiger partial charge on any atom is 0.418 e. The Balaban J connectivity index is 2.81. The summed E-state index contributed by atoms with van der Waals surface area (Å²) in [5.41, 5.74) is -5.83. The van der Waals surface area contributed by atoms with Gasteiger partial charge in [0.05, 0.1) is 32.2 Å². The van der Waals surface area contributed by atoms with E-state index >= 15 is 0 Å². The van der Waals surface area contributed by atoms with Crippen LogP contribution in [0.1, 0.15) is 11.1 Å². The monoisotopic (exact) mass is 393 g/mol. The van der Waals surface area contributed by atoms with E-state index in [0.29, 0.717) is 6.07 Å². The van der Waals surface area contributed by atoms with E-state index in [1.807, 2.05) is 5.32 Å². The number of non-ortho nitro benzene ring substituents is 1. The highest BCUT2D eigenvalue weighted by Crippen LogP contribution is 2.44. The SMILES string of the molecule is Cc1ccc(Cl)c(Nc2c([N+](=O)[O-])cc([N+](=O)[O-])cc2C(F)(F)F)c1F. The van der Waals surface area contributed by atoms with Crippen LogP contribution in [0.4, 0.5) is 40.3 Å². The number of nitrogens with one attached hydrogen (secondary N) is 1. The van der Waals surface area contributed by atoms with Crippen molar-refractivity contribution in [2.24, 2.45) is 0 Å². The number of rotatable bonds is 4. The maximum atomic E-state index is 14.2. The van der Waals surface area contributed by atoms with Crippen LogP contribution in [-0.4, -0.2) is 9.85 Å². The standard InChI is InChI=1S/C14H8ClF4N3O4/c1-6-2-3-9(15)13(11(6)16)20-12-8(14(17,18)19)4-7(21(23)24)5-10(12)22(25)26/h2-5,20H,1H3. The predicted octanol–water partition coefficient (Wildman–Crippen LogP) is 5.37. The number of nitrogens with zero attached hydrogens (tertiary/aromatic N) is 2. The number of nitro benzene ring substituents is 2. The normalized spacial score (nSPS) is 11.3. The van der Waals surface area contributed by atoms with E-state index in [2.05, 4.69) is 0 Å². The Bertz CT molecular complexity index is 918. The van der Waals surface area contributed by atoms with Crippen LogP contribution in [0.15, 0.2) is 24.3 Å². The first kappa shape index (κ1) is 19.4. The average Bonchev–Trinajstić information content (AvgIpc) is 2.53. The van der Waals surface area contributed by atoms with Crippen molar-refractivity contribution in [2.75, 3.05) is 5.32 Å². The molecule has 0 aliphatic carbocycles. The second-order valence-corrected chi connectivity index (χ2v) is 5.48. The summed E-state index contributed by atoms with van der Waals surface area (Å²) in [6.07, 6.45) is -5.19. The molecule has 0 saturated heterocycles. The van der Waals surface area contributed by atoms with Crippen LogP contribution in [0, 0.1) is 33.0 Å². The molecule has 0 atom stereocenters. The summed E-state index contributed by atoms with van der Waals surface area (Å²) in [6, 6.07) is 2.92. The molecule has 0 aromatic heterocycles. The van der Waals surface area contributed by atoms with E-state index in [4.69, 9.17) is 11.6 Å². The molecule has 12 heteroatoms. The summed E-state index contributed by atoms with van der Waals surface area (Å²) in [5.74, 6) is -1.02. The molecular formula is C14H8ClF4N3O4. The van der Waals surface area contributed by atoms with Crippen molar-refractivity contribution in [3.05, 3.63) is 66.5 Å². The third-order valence-corrected chi connectivity index (χ3v) is 3.66. The highest BCUT2D eigenvalue weighted by Gasteiger charge is 2.40. The van der Waals surface area contributed by atoms with Gasteiger partial charge in [0, 0.05) is 6.07 Å². The fourth-order valence-electron chi connectivity index (χ4n) is 2.11. The summed E-state index contributed by atoms with van der Waals surface area (Å²) in [4.78, 5) is 19.5. The summed E-state index contributed by atoms with van der Waals surface area (Å²) in [7, 11) is 0. The lowest BCUT2D eigenvalue weighted by atomic mass is 10.1. The molecular weight excluding hydrogens is 386 g/mol. The van der Waals surface area contributed by atoms with Gasteiger partial charge in [-0.3, -0.25) is 20.2 Å². The molecule has 0 aliphatic rings. The lowest BCUT2D eigenvalue weighted by Crippen LogP contribution is -2.12. The molecule has 0 unspecified atom stereocenters. The van der Waals surface area contributed by atoms with Gasteiger partial charge in [-0.1, -0.05) is 17.7 Å². The molecule has 2 rings (SSSR count). The Kier molecular flexibility index (Phi) is 5.03. The van der Waals surface area contributed by atoms with Gasteiger partial charge >= 0.3 is 6.18 Å². The minimum absolute atomic E-state index is 0.0232. The smallest absolute Gasteiger partial charge is 0.346 e. The zero-order chi connectivity index (χ0) is 19.8. The van der Waals surface area contributed by atoms with E-state index in [-0.39, 0.29) is 16.7 Å². The van der Waals surface area contributed by atoms with Crippen molar-refractivity contribution < 1.29 is 27.4 Å². The van der Waals surface area contributed by atoms with Gasteiger partial charge in [-0.05, 0) is 18.6 Å². The zero-order valence-corrected chi connectivity index (χ0v) is 13.5. The Morgan fingerprint density at radius 1 is 1.08 bits per heavy atom. The molecule has 2 aromatic carbocycles. The number of hydrogen-bond acceptors (Lipinski definition) is 5. The van der Waals surface area contributed by atoms with Crippen molar-refractivity contribution in [3.63, 3.8) is 0 Å². The highest BCUT2D eigenvalue weighted by atomic mass is 35.5. The third-order valence-electron chi connectivity index (χ3n) is 3.35. The second-order valence-electron chi connectivity index (χ2n) is 5.08. The van der Waals surface area contributed by atoms with Crippen molar-refractivity contribution >= 4 is 34.4 Å². The molecule has 1 N–H and O–H groups in total. The number of hydrogen-bond donors (Lipinski definition) is 1. The molecule has 2 aromatic rings. The number of aryl methyl sites for hydroxylation is 1. The molecule has 0 spiro atoms. The molecule has 0 aliphatic heterocycles. The van der Waals surface area contributed by atoms with Crippen LogP contribution in [-0.2, 0) is 6.18 Å². The van der Waals surface area contributed by atoms with E-state index in [1.165, 1.54) is 19.1 Å². The number of nitro groups is 2. The predicted molar refractivity (Wildman–Crippen MR) is 84.2 cm³/mol. The summed E-state index contributed by atoms with van der Waals surface area (Å²) in [6.45, 7) is 1.31. The zero-order valence-electron chi connectivity index (χ0n) is 12.7. The first-order chi connectivity index (χ1) is 11.9. The lowest BCUT2D eigenvalue weighted by Gasteiger charge is -2.16. The van der Waals surface area contributed by atoms with Gasteiger partial charge in [-0.25, -0.2) is 4.39 Å². The quantitative estimate of drug-likeness (QED) is 0.428. The molecule has 0 amide bonds. The van der Waals surface area contributed by atoms with Crippen LogP contribution in [0.5, 0.6) is 0 Å². The van der Waals surface area contributed by atoms with Gasteiger partial charge < -0.3 is 5.32 Å². The first-order valence-corrected chi connectivity index (χ1v) is 7.07. The van der Waals surface area contributed by atoms with Gasteiger partial charge in [0.2, 0.25) is 0 Å². The fourth-order valence-corrected chi connectivity index (χ4v) is 2.31. The minimum Gasteiger partial charge on any atom is -0.346 e. The number of alkyl halides is 3. The molecule has 26 heavy (non-hydrogen) atoms. The Hall–Kier alpha value is -2.95. The maximum absolute atomic E-state index is 14.2. The fraction of sp³-hybridized carbons (Fsp3) is 0.143. The Labute approximate surface area is 147 Å². The second kappa shape index (κ2) is 6.75. The molecule has 0 saturated carbocycles. The van der Waals surface area contributed by atoms with Gasteiger partial charge in [-0.15, -0.1) is 0 Å². The number of halogens is 5. The minimum atomic E-state index is -5.19. The Morgan fingerprint density at radius 2 is 1.69 bits per heavy atom. The number of benzene rings is 2. The molecule has 7 nitrogen and oxygen atoms in total. The van der Waals surface area contributed by atoms with Crippen molar-refractivity contribution in [3.8, 4) is 0 Å². The molecule has 0 fully saturated rings. The molecule has 0 bridgehead atoms. The largest absolute Gasteiger partial charge is 0.418 e. The third kappa shape index (κ3) is 3.67. The summed E-state index contributed by atoms with van der Waals surface area (Å²) in [5, 5.41) is 23.6. The van der Waals surface area contributed by atoms with E-state index < -0.39 is 50.2 Å². The van der Waals surface area contributed by atoms with E-state index in [1.54, 1.807) is 0 Å². The van der Waals surface area contributed by atoms with Gasteiger partial charge in [0.1, 0.15) is 5.69 Å². The topological polar surface area (TPSA) is 98.3 Å². The number of anilines is 2. The Morgan fingerprint density at radius 3 is 2.19 bits per heavy atom. The van der Waals surface area contributed by atoms with E-state index in [0.717, 1.165) is 0 Å². The van der Waals surface area contributed by atoms with Crippen LogP contribution in [0.2, 0.25) is 5.02 Å². The highest BCUT2D eigenvalue weighted by molar-refractivity contribution is 6.33. The van der Waals surface area contributed by atoms with Gasteiger partial charge in [0.25, 0.3) is 11.4 Å². The van der Waals surface area contributed by atoms with E-state index in [9.17, 15) is 37.8 Å². The molecule has 0 radical (unpaired) electrons. The molecule has 138 valence electrons. The van der Waals surface area contributed by atoms with Gasteiger partial charge in [0.15, 0.2) is 5.82 Å². The van der Waals surface area contributed by atoms with Crippen LogP contribution < -0.4 is 5.32 Å². The summed E-state index contributed by atoms with van der Waals surface area (Å²) >= 11 is 5.77. The summed E-state index contributed by atoms with van der Waals surface area (Å²) < 4.78 is 54.1. The average molecular weight is 394 g/mol. The van der Waals surface area contributed by atoms with Crippen molar-refractivity contribution in [1.82, 2.24) is 0 Å². The molecule has 0 heterocycles. The van der Waals surface area contributed by atoms with Crippen LogP contribution in [0.3, 0.4) is 0 Å². The van der Waals surface area contributed by atoms with Crippen LogP contribution >= 0.6 is 11.6 Å². The first-order valence-electron chi connectivity index (χ1n) is 6.69. The lowest BCUT2D eigenvalue weighted by molar-refractivity contribution is -0.394. The van der Waals surface area contributed by atoms with Crippen molar-refractivity contribution in [2.45, 2.75) is 13.1 Å². The van der Waals surface area contributed by atoms with Gasteiger partial charge in [-0.2, -0.15) is 13.2 Å². The van der Waals surface area contributed by atoms with Crippen LogP contribution in [0.25, 0.3) is 0 Å².